The van der Waals surface area contributed by atoms with Crippen molar-refractivity contribution >= 4 is 23.8 Å². The standard InChI is InChI=1S/C15H22N2O6/c1-10(2)5-8-23-14(21)9-11-15(22)16-6-7-17(11)12(18)3-4-13(19)20/h3-4,10-11H,5-9H2,1-2H3,(H,16,22)(H,19,20)/b4-3+. The smallest absolute Gasteiger partial charge is 0.328 e. The Kier molecular flexibility index (Phi) is 7.24. The van der Waals surface area contributed by atoms with Crippen molar-refractivity contribution in [3.8, 4) is 0 Å². The average molecular weight is 326 g/mol. The molecule has 8 heteroatoms. The van der Waals surface area contributed by atoms with Crippen molar-refractivity contribution in [1.82, 2.24) is 10.2 Å². The maximum Gasteiger partial charge on any atom is 0.328 e. The van der Waals surface area contributed by atoms with Gasteiger partial charge in [-0.05, 0) is 12.3 Å². The Hall–Kier alpha value is -2.38. The van der Waals surface area contributed by atoms with E-state index >= 15 is 0 Å². The number of aliphatic carboxylic acids is 1. The number of esters is 1. The molecule has 2 N–H and O–H groups in total. The Bertz CT molecular complexity index is 500. The van der Waals surface area contributed by atoms with E-state index < -0.39 is 29.8 Å². The fraction of sp³-hybridized carbons (Fsp3) is 0.600. The minimum atomic E-state index is -1.26. The van der Waals surface area contributed by atoms with Crippen LogP contribution in [0.2, 0.25) is 0 Å². The molecule has 0 radical (unpaired) electrons. The molecule has 0 aromatic carbocycles. The Balaban J connectivity index is 2.66. The van der Waals surface area contributed by atoms with Crippen LogP contribution in [0.4, 0.5) is 0 Å². The normalized spacial score (nSPS) is 18.1. The van der Waals surface area contributed by atoms with Crippen LogP contribution in [0.5, 0.6) is 0 Å². The van der Waals surface area contributed by atoms with Crippen LogP contribution in [0.3, 0.4) is 0 Å². The predicted octanol–water partition coefficient (Wildman–Crippen LogP) is -0.0664. The summed E-state index contributed by atoms with van der Waals surface area (Å²) in [7, 11) is 0. The van der Waals surface area contributed by atoms with Gasteiger partial charge >= 0.3 is 11.9 Å². The molecular formula is C15H22N2O6. The fourth-order valence-corrected chi connectivity index (χ4v) is 2.04. The van der Waals surface area contributed by atoms with Crippen molar-refractivity contribution < 1.29 is 29.0 Å². The lowest BCUT2D eigenvalue weighted by atomic mass is 10.1. The fourth-order valence-electron chi connectivity index (χ4n) is 2.04. The maximum absolute atomic E-state index is 12.0. The first-order valence-electron chi connectivity index (χ1n) is 7.46. The molecule has 23 heavy (non-hydrogen) atoms. The highest BCUT2D eigenvalue weighted by atomic mass is 16.5. The summed E-state index contributed by atoms with van der Waals surface area (Å²) in [6.45, 7) is 4.72. The molecule has 0 aromatic heterocycles. The number of carboxylic acid groups (broad SMARTS) is 1. The highest BCUT2D eigenvalue weighted by Crippen LogP contribution is 2.11. The van der Waals surface area contributed by atoms with Crippen LogP contribution >= 0.6 is 0 Å². The van der Waals surface area contributed by atoms with Gasteiger partial charge < -0.3 is 20.1 Å². The zero-order valence-corrected chi connectivity index (χ0v) is 13.3. The van der Waals surface area contributed by atoms with Gasteiger partial charge in [-0.1, -0.05) is 13.8 Å². The summed E-state index contributed by atoms with van der Waals surface area (Å²) in [6, 6.07) is -0.985. The van der Waals surface area contributed by atoms with Gasteiger partial charge in [0.2, 0.25) is 11.8 Å². The number of nitrogens with zero attached hydrogens (tertiary/aromatic N) is 1. The van der Waals surface area contributed by atoms with E-state index in [2.05, 4.69) is 5.32 Å². The van der Waals surface area contributed by atoms with E-state index in [1.807, 2.05) is 13.8 Å². The topological polar surface area (TPSA) is 113 Å². The van der Waals surface area contributed by atoms with Crippen molar-refractivity contribution in [3.63, 3.8) is 0 Å². The van der Waals surface area contributed by atoms with Gasteiger partial charge in [0.05, 0.1) is 13.0 Å². The molecule has 1 heterocycles. The van der Waals surface area contributed by atoms with Gasteiger partial charge in [-0.25, -0.2) is 4.79 Å². The van der Waals surface area contributed by atoms with Crippen LogP contribution in [-0.2, 0) is 23.9 Å². The number of hydrogen-bond acceptors (Lipinski definition) is 5. The van der Waals surface area contributed by atoms with Crippen LogP contribution in [0.1, 0.15) is 26.7 Å². The Morgan fingerprint density at radius 1 is 1.39 bits per heavy atom. The number of piperazine rings is 1. The minimum absolute atomic E-state index is 0.207. The third kappa shape index (κ3) is 6.50. The predicted molar refractivity (Wildman–Crippen MR) is 80.3 cm³/mol. The molecule has 2 amide bonds. The van der Waals surface area contributed by atoms with Crippen molar-refractivity contribution in [2.45, 2.75) is 32.7 Å². The largest absolute Gasteiger partial charge is 0.478 e. The molecule has 128 valence electrons. The lowest BCUT2D eigenvalue weighted by molar-refractivity contribution is -0.151. The van der Waals surface area contributed by atoms with Gasteiger partial charge in [-0.3, -0.25) is 14.4 Å². The first-order valence-corrected chi connectivity index (χ1v) is 7.46. The summed E-state index contributed by atoms with van der Waals surface area (Å²) in [5.41, 5.74) is 0. The Morgan fingerprint density at radius 2 is 2.09 bits per heavy atom. The molecule has 1 fully saturated rings. The molecule has 1 saturated heterocycles. The average Bonchev–Trinajstić information content (AvgIpc) is 2.46. The summed E-state index contributed by atoms with van der Waals surface area (Å²) < 4.78 is 5.06. The van der Waals surface area contributed by atoms with E-state index in [0.717, 1.165) is 6.08 Å². The number of ether oxygens (including phenoxy) is 1. The quantitative estimate of drug-likeness (QED) is 0.500. The monoisotopic (exact) mass is 326 g/mol. The first-order chi connectivity index (χ1) is 10.8. The van der Waals surface area contributed by atoms with Gasteiger partial charge in [-0.15, -0.1) is 0 Å². The zero-order valence-electron chi connectivity index (χ0n) is 13.3. The molecule has 1 rings (SSSR count). The highest BCUT2D eigenvalue weighted by Gasteiger charge is 2.34. The SMILES string of the molecule is CC(C)CCOC(=O)CC1C(=O)NCCN1C(=O)/C=C/C(=O)O. The van der Waals surface area contributed by atoms with E-state index in [0.29, 0.717) is 18.4 Å². The second kappa shape index (κ2) is 8.92. The van der Waals surface area contributed by atoms with Gasteiger partial charge in [0.1, 0.15) is 6.04 Å². The Morgan fingerprint density at radius 3 is 2.70 bits per heavy atom. The van der Waals surface area contributed by atoms with Gasteiger partial charge in [0.15, 0.2) is 0 Å². The summed E-state index contributed by atoms with van der Waals surface area (Å²) in [5, 5.41) is 11.1. The van der Waals surface area contributed by atoms with Crippen LogP contribution in [0, 0.1) is 5.92 Å². The number of carbonyl (C=O) groups is 4. The molecule has 8 nitrogen and oxygen atoms in total. The van der Waals surface area contributed by atoms with Gasteiger partial charge in [0.25, 0.3) is 0 Å². The minimum Gasteiger partial charge on any atom is -0.478 e. The van der Waals surface area contributed by atoms with E-state index in [-0.39, 0.29) is 26.1 Å². The molecule has 1 aliphatic heterocycles. The second-order valence-electron chi connectivity index (χ2n) is 5.62. The lowest BCUT2D eigenvalue weighted by Crippen LogP contribution is -2.57. The van der Waals surface area contributed by atoms with E-state index in [1.165, 1.54) is 4.90 Å². The third-order valence-corrected chi connectivity index (χ3v) is 3.30. The second-order valence-corrected chi connectivity index (χ2v) is 5.62. The molecule has 0 saturated carbocycles. The Labute approximate surface area is 134 Å². The van der Waals surface area contributed by atoms with Crippen molar-refractivity contribution in [1.29, 1.82) is 0 Å². The van der Waals surface area contributed by atoms with Crippen molar-refractivity contribution in [2.24, 2.45) is 5.92 Å². The lowest BCUT2D eigenvalue weighted by Gasteiger charge is -2.33. The number of rotatable bonds is 7. The molecule has 1 atom stereocenters. The number of hydrogen-bond donors (Lipinski definition) is 2. The summed E-state index contributed by atoms with van der Waals surface area (Å²) in [4.78, 5) is 47.4. The van der Waals surface area contributed by atoms with Gasteiger partial charge in [0, 0.05) is 25.2 Å². The molecule has 0 bridgehead atoms. The van der Waals surface area contributed by atoms with Crippen LogP contribution in [0.15, 0.2) is 12.2 Å². The van der Waals surface area contributed by atoms with E-state index in [1.54, 1.807) is 0 Å². The maximum atomic E-state index is 12.0. The summed E-state index contributed by atoms with van der Waals surface area (Å²) in [6.07, 6.45) is 2.04. The summed E-state index contributed by atoms with van der Waals surface area (Å²) >= 11 is 0. The van der Waals surface area contributed by atoms with Crippen molar-refractivity contribution in [3.05, 3.63) is 12.2 Å². The van der Waals surface area contributed by atoms with Crippen LogP contribution < -0.4 is 5.32 Å². The molecule has 0 aliphatic carbocycles. The summed E-state index contributed by atoms with van der Waals surface area (Å²) in [5.74, 6) is -2.51. The van der Waals surface area contributed by atoms with Crippen LogP contribution in [0.25, 0.3) is 0 Å². The van der Waals surface area contributed by atoms with Crippen LogP contribution in [-0.4, -0.2) is 59.5 Å². The van der Waals surface area contributed by atoms with Gasteiger partial charge in [-0.2, -0.15) is 0 Å². The third-order valence-electron chi connectivity index (χ3n) is 3.30. The first kappa shape index (κ1) is 18.7. The number of amides is 2. The molecule has 1 unspecified atom stereocenters. The molecule has 0 aromatic rings. The number of nitrogens with one attached hydrogen (secondary N) is 1. The van der Waals surface area contributed by atoms with E-state index in [9.17, 15) is 19.2 Å². The molecule has 0 spiro atoms. The highest BCUT2D eigenvalue weighted by molar-refractivity contribution is 5.98. The zero-order chi connectivity index (χ0) is 17.4. The van der Waals surface area contributed by atoms with E-state index in [4.69, 9.17) is 9.84 Å². The molecule has 1 aliphatic rings. The number of carbonyl (C=O) groups excluding carboxylic acids is 3. The van der Waals surface area contributed by atoms with Crippen molar-refractivity contribution in [2.75, 3.05) is 19.7 Å². The number of carboxylic acids is 1. The molecular weight excluding hydrogens is 304 g/mol.